The third-order valence-corrected chi connectivity index (χ3v) is 2.56. The van der Waals surface area contributed by atoms with Crippen molar-refractivity contribution in [3.8, 4) is 0 Å². The molecule has 0 saturated carbocycles. The van der Waals surface area contributed by atoms with Crippen molar-refractivity contribution in [2.75, 3.05) is 13.7 Å². The summed E-state index contributed by atoms with van der Waals surface area (Å²) in [5.74, 6) is 0.430. The van der Waals surface area contributed by atoms with Crippen molar-refractivity contribution in [2.45, 2.75) is 32.9 Å². The normalized spacial score (nSPS) is 15.1. The molecule has 0 aliphatic rings. The van der Waals surface area contributed by atoms with Gasteiger partial charge in [-0.15, -0.1) is 0 Å². The molecule has 1 rings (SSSR count). The second kappa shape index (κ2) is 6.55. The van der Waals surface area contributed by atoms with Crippen molar-refractivity contribution < 1.29 is 4.74 Å². The van der Waals surface area contributed by atoms with Crippen LogP contribution in [0.5, 0.6) is 0 Å². The topological polar surface area (TPSA) is 47.0 Å². The molecule has 4 nitrogen and oxygen atoms in total. The highest BCUT2D eigenvalue weighted by Crippen LogP contribution is 2.22. The van der Waals surface area contributed by atoms with E-state index in [1.54, 1.807) is 18.6 Å². The highest BCUT2D eigenvalue weighted by molar-refractivity contribution is 5.05. The summed E-state index contributed by atoms with van der Waals surface area (Å²) in [7, 11) is 1.92. The molecular weight excluding hydrogens is 202 g/mol. The largest absolute Gasteiger partial charge is 0.376 e. The summed E-state index contributed by atoms with van der Waals surface area (Å²) in [5.41, 5.74) is 0.928. The number of hydrogen-bond acceptors (Lipinski definition) is 4. The van der Waals surface area contributed by atoms with Gasteiger partial charge >= 0.3 is 0 Å². The van der Waals surface area contributed by atoms with Crippen LogP contribution >= 0.6 is 0 Å². The van der Waals surface area contributed by atoms with E-state index in [4.69, 9.17) is 4.74 Å². The molecular formula is C12H21N3O. The van der Waals surface area contributed by atoms with E-state index in [2.05, 4.69) is 29.1 Å². The third-order valence-electron chi connectivity index (χ3n) is 2.56. The molecule has 0 saturated heterocycles. The van der Waals surface area contributed by atoms with Crippen LogP contribution in [0.1, 0.15) is 32.5 Å². The first-order valence-corrected chi connectivity index (χ1v) is 5.75. The van der Waals surface area contributed by atoms with E-state index in [0.717, 1.165) is 5.69 Å². The van der Waals surface area contributed by atoms with Gasteiger partial charge in [0, 0.05) is 19.0 Å². The summed E-state index contributed by atoms with van der Waals surface area (Å²) in [6.45, 7) is 7.03. The summed E-state index contributed by atoms with van der Waals surface area (Å²) in [5, 5.41) is 3.26. The lowest BCUT2D eigenvalue weighted by molar-refractivity contribution is 0.00354. The van der Waals surface area contributed by atoms with E-state index in [1.165, 1.54) is 0 Å². The van der Waals surface area contributed by atoms with E-state index < -0.39 is 0 Å². The molecule has 16 heavy (non-hydrogen) atoms. The smallest absolute Gasteiger partial charge is 0.0808 e. The predicted molar refractivity (Wildman–Crippen MR) is 64.1 cm³/mol. The highest BCUT2D eigenvalue weighted by atomic mass is 16.5. The third kappa shape index (κ3) is 3.25. The zero-order valence-corrected chi connectivity index (χ0v) is 10.5. The molecule has 0 amide bonds. The first kappa shape index (κ1) is 13.1. The highest BCUT2D eigenvalue weighted by Gasteiger charge is 2.26. The average molecular weight is 223 g/mol. The molecule has 90 valence electrons. The average Bonchev–Trinajstić information content (AvgIpc) is 2.30. The Morgan fingerprint density at radius 3 is 2.56 bits per heavy atom. The quantitative estimate of drug-likeness (QED) is 0.799. The molecule has 0 aromatic carbocycles. The van der Waals surface area contributed by atoms with Gasteiger partial charge in [-0.05, 0) is 19.9 Å². The lowest BCUT2D eigenvalue weighted by Crippen LogP contribution is -2.36. The number of nitrogens with one attached hydrogen (secondary N) is 1. The number of aromatic nitrogens is 2. The molecule has 0 fully saturated rings. The van der Waals surface area contributed by atoms with Crippen LogP contribution in [-0.4, -0.2) is 29.7 Å². The van der Waals surface area contributed by atoms with Gasteiger partial charge in [-0.2, -0.15) is 0 Å². The van der Waals surface area contributed by atoms with Gasteiger partial charge in [-0.3, -0.25) is 9.97 Å². The standard InChI is InChI=1S/C12H21N3O/c1-5-16-12(9(2)3)11(13-4)10-8-14-6-7-15-10/h6-9,11-13H,5H2,1-4H3. The predicted octanol–water partition coefficient (Wildman–Crippen LogP) is 1.80. The number of hydrogen-bond donors (Lipinski definition) is 1. The van der Waals surface area contributed by atoms with E-state index in [1.807, 2.05) is 14.0 Å². The van der Waals surface area contributed by atoms with E-state index in [9.17, 15) is 0 Å². The lowest BCUT2D eigenvalue weighted by Gasteiger charge is -2.29. The Bertz CT molecular complexity index is 290. The van der Waals surface area contributed by atoms with Gasteiger partial charge in [0.15, 0.2) is 0 Å². The molecule has 0 bridgehead atoms. The van der Waals surface area contributed by atoms with Gasteiger partial charge in [0.2, 0.25) is 0 Å². The van der Waals surface area contributed by atoms with Gasteiger partial charge in [0.05, 0.1) is 24.0 Å². The fourth-order valence-corrected chi connectivity index (χ4v) is 1.82. The van der Waals surface area contributed by atoms with Crippen LogP contribution in [0.25, 0.3) is 0 Å². The van der Waals surface area contributed by atoms with Crippen LogP contribution in [0.2, 0.25) is 0 Å². The second-order valence-corrected chi connectivity index (χ2v) is 4.06. The Morgan fingerprint density at radius 1 is 1.38 bits per heavy atom. The summed E-state index contributed by atoms with van der Waals surface area (Å²) in [6, 6.07) is 0.0913. The molecule has 4 heteroatoms. The molecule has 0 spiro atoms. The second-order valence-electron chi connectivity index (χ2n) is 4.06. The van der Waals surface area contributed by atoms with Crippen LogP contribution in [-0.2, 0) is 4.74 Å². The minimum Gasteiger partial charge on any atom is -0.376 e. The fraction of sp³-hybridized carbons (Fsp3) is 0.667. The molecule has 2 atom stereocenters. The Hall–Kier alpha value is -1.00. The van der Waals surface area contributed by atoms with E-state index in [0.29, 0.717) is 12.5 Å². The van der Waals surface area contributed by atoms with Crippen molar-refractivity contribution in [3.63, 3.8) is 0 Å². The van der Waals surface area contributed by atoms with Crippen LogP contribution < -0.4 is 5.32 Å². The number of rotatable bonds is 6. The first-order chi connectivity index (χ1) is 7.70. The summed E-state index contributed by atoms with van der Waals surface area (Å²) in [4.78, 5) is 8.43. The molecule has 2 unspecified atom stereocenters. The number of ether oxygens (including phenoxy) is 1. The summed E-state index contributed by atoms with van der Waals surface area (Å²) in [6.07, 6.45) is 5.30. The zero-order chi connectivity index (χ0) is 12.0. The Labute approximate surface area is 97.5 Å². The molecule has 0 aliphatic carbocycles. The van der Waals surface area contributed by atoms with Crippen molar-refractivity contribution in [1.82, 2.24) is 15.3 Å². The monoisotopic (exact) mass is 223 g/mol. The minimum absolute atomic E-state index is 0.0913. The van der Waals surface area contributed by atoms with Gasteiger partial charge < -0.3 is 10.1 Å². The van der Waals surface area contributed by atoms with Crippen molar-refractivity contribution in [3.05, 3.63) is 24.3 Å². The molecule has 1 aromatic rings. The minimum atomic E-state index is 0.0913. The molecule has 1 aromatic heterocycles. The van der Waals surface area contributed by atoms with Crippen LogP contribution in [0.4, 0.5) is 0 Å². The molecule has 1 heterocycles. The van der Waals surface area contributed by atoms with Gasteiger partial charge in [0.1, 0.15) is 0 Å². The zero-order valence-electron chi connectivity index (χ0n) is 10.5. The lowest BCUT2D eigenvalue weighted by atomic mass is 9.97. The van der Waals surface area contributed by atoms with Gasteiger partial charge in [0.25, 0.3) is 0 Å². The maximum atomic E-state index is 5.78. The van der Waals surface area contributed by atoms with Gasteiger partial charge in [-0.1, -0.05) is 13.8 Å². The molecule has 0 radical (unpaired) electrons. The van der Waals surface area contributed by atoms with Crippen molar-refractivity contribution >= 4 is 0 Å². The van der Waals surface area contributed by atoms with E-state index in [-0.39, 0.29) is 12.1 Å². The Morgan fingerprint density at radius 2 is 2.12 bits per heavy atom. The molecule has 0 aliphatic heterocycles. The fourth-order valence-electron chi connectivity index (χ4n) is 1.82. The SMILES string of the molecule is CCOC(C(C)C)C(NC)c1cnccn1. The van der Waals surface area contributed by atoms with Crippen LogP contribution in [0, 0.1) is 5.92 Å². The van der Waals surface area contributed by atoms with Crippen LogP contribution in [0.15, 0.2) is 18.6 Å². The maximum Gasteiger partial charge on any atom is 0.0808 e. The van der Waals surface area contributed by atoms with E-state index >= 15 is 0 Å². The summed E-state index contributed by atoms with van der Waals surface area (Å²) >= 11 is 0. The number of likely N-dealkylation sites (N-methyl/N-ethyl adjacent to an activating group) is 1. The van der Waals surface area contributed by atoms with Crippen molar-refractivity contribution in [2.24, 2.45) is 5.92 Å². The first-order valence-electron chi connectivity index (χ1n) is 5.75. The van der Waals surface area contributed by atoms with Crippen LogP contribution in [0.3, 0.4) is 0 Å². The number of nitrogens with zero attached hydrogens (tertiary/aromatic N) is 2. The van der Waals surface area contributed by atoms with Crippen molar-refractivity contribution in [1.29, 1.82) is 0 Å². The molecule has 1 N–H and O–H groups in total. The Kier molecular flexibility index (Phi) is 5.35. The summed E-state index contributed by atoms with van der Waals surface area (Å²) < 4.78 is 5.78. The van der Waals surface area contributed by atoms with Gasteiger partial charge in [-0.25, -0.2) is 0 Å². The Balaban J connectivity index is 2.86. The maximum absolute atomic E-state index is 5.78.